The van der Waals surface area contributed by atoms with Crippen molar-refractivity contribution in [1.82, 2.24) is 19.8 Å². The molecule has 2 heterocycles. The fourth-order valence-electron chi connectivity index (χ4n) is 2.08. The Morgan fingerprint density at radius 3 is 2.83 bits per heavy atom. The molecule has 0 radical (unpaired) electrons. The predicted molar refractivity (Wildman–Crippen MR) is 69.1 cm³/mol. The molecule has 2 N–H and O–H groups in total. The van der Waals surface area contributed by atoms with Gasteiger partial charge in [-0.25, -0.2) is 4.98 Å². The monoisotopic (exact) mass is 249 g/mol. The molecule has 98 valence electrons. The van der Waals surface area contributed by atoms with Crippen LogP contribution >= 0.6 is 0 Å². The maximum absolute atomic E-state index is 12.1. The maximum atomic E-state index is 12.1. The summed E-state index contributed by atoms with van der Waals surface area (Å²) in [5.41, 5.74) is 5.82. The van der Waals surface area contributed by atoms with Crippen LogP contribution in [-0.2, 0) is 0 Å². The van der Waals surface area contributed by atoms with Crippen molar-refractivity contribution in [3.63, 3.8) is 0 Å². The molecule has 1 aromatic heterocycles. The van der Waals surface area contributed by atoms with E-state index in [9.17, 15) is 4.79 Å². The van der Waals surface area contributed by atoms with Crippen LogP contribution < -0.4 is 5.73 Å². The lowest BCUT2D eigenvalue weighted by Gasteiger charge is -2.21. The summed E-state index contributed by atoms with van der Waals surface area (Å²) >= 11 is 0. The SMILES string of the molecule is CN(CCN1CCCC1)C(=O)c1cncc(N)n1. The van der Waals surface area contributed by atoms with E-state index in [4.69, 9.17) is 5.73 Å². The number of rotatable bonds is 4. The zero-order valence-corrected chi connectivity index (χ0v) is 10.7. The summed E-state index contributed by atoms with van der Waals surface area (Å²) in [7, 11) is 1.78. The molecule has 1 fully saturated rings. The van der Waals surface area contributed by atoms with Crippen molar-refractivity contribution in [3.05, 3.63) is 18.1 Å². The van der Waals surface area contributed by atoms with Crippen LogP contribution in [0.5, 0.6) is 0 Å². The minimum atomic E-state index is -0.131. The minimum absolute atomic E-state index is 0.131. The maximum Gasteiger partial charge on any atom is 0.273 e. The molecule has 1 aliphatic heterocycles. The Morgan fingerprint density at radius 2 is 2.17 bits per heavy atom. The number of likely N-dealkylation sites (N-methyl/N-ethyl adjacent to an activating group) is 1. The van der Waals surface area contributed by atoms with Crippen LogP contribution in [0.25, 0.3) is 0 Å². The average molecular weight is 249 g/mol. The number of likely N-dealkylation sites (tertiary alicyclic amines) is 1. The number of anilines is 1. The number of hydrogen-bond donors (Lipinski definition) is 1. The summed E-state index contributed by atoms with van der Waals surface area (Å²) in [6.07, 6.45) is 5.41. The first-order valence-electron chi connectivity index (χ1n) is 6.22. The molecular formula is C12H19N5O. The molecule has 2 rings (SSSR count). The third-order valence-corrected chi connectivity index (χ3v) is 3.17. The van der Waals surface area contributed by atoms with Crippen LogP contribution in [-0.4, -0.2) is 58.9 Å². The standard InChI is InChI=1S/C12H19N5O/c1-16(6-7-17-4-2-3-5-17)12(18)10-8-14-9-11(13)15-10/h8-9H,2-7H2,1H3,(H2,13,15). The number of aromatic nitrogens is 2. The van der Waals surface area contributed by atoms with Gasteiger partial charge in [0.1, 0.15) is 11.5 Å². The molecule has 0 aromatic carbocycles. The summed E-state index contributed by atoms with van der Waals surface area (Å²) in [6, 6.07) is 0. The zero-order chi connectivity index (χ0) is 13.0. The predicted octanol–water partition coefficient (Wildman–Crippen LogP) is 0.227. The van der Waals surface area contributed by atoms with Gasteiger partial charge in [-0.15, -0.1) is 0 Å². The largest absolute Gasteiger partial charge is 0.382 e. The van der Waals surface area contributed by atoms with Gasteiger partial charge in [0.05, 0.1) is 12.4 Å². The molecule has 18 heavy (non-hydrogen) atoms. The van der Waals surface area contributed by atoms with Gasteiger partial charge in [0.25, 0.3) is 5.91 Å². The van der Waals surface area contributed by atoms with Crippen molar-refractivity contribution in [2.75, 3.05) is 39.0 Å². The van der Waals surface area contributed by atoms with Crippen molar-refractivity contribution in [2.24, 2.45) is 0 Å². The smallest absolute Gasteiger partial charge is 0.273 e. The Morgan fingerprint density at radius 1 is 1.44 bits per heavy atom. The van der Waals surface area contributed by atoms with E-state index < -0.39 is 0 Å². The Balaban J connectivity index is 1.87. The van der Waals surface area contributed by atoms with E-state index in [0.717, 1.165) is 19.6 Å². The third kappa shape index (κ3) is 3.16. The highest BCUT2D eigenvalue weighted by molar-refractivity contribution is 5.92. The molecule has 1 amide bonds. The fourth-order valence-corrected chi connectivity index (χ4v) is 2.08. The second-order valence-electron chi connectivity index (χ2n) is 4.60. The second kappa shape index (κ2) is 5.77. The molecule has 6 heteroatoms. The van der Waals surface area contributed by atoms with E-state index in [1.165, 1.54) is 25.2 Å². The summed E-state index contributed by atoms with van der Waals surface area (Å²) in [5, 5.41) is 0. The highest BCUT2D eigenvalue weighted by Crippen LogP contribution is 2.07. The molecule has 0 saturated carbocycles. The van der Waals surface area contributed by atoms with E-state index in [1.54, 1.807) is 11.9 Å². The van der Waals surface area contributed by atoms with Gasteiger partial charge in [-0.1, -0.05) is 0 Å². The molecule has 1 aromatic rings. The van der Waals surface area contributed by atoms with E-state index in [2.05, 4.69) is 14.9 Å². The highest BCUT2D eigenvalue weighted by Gasteiger charge is 2.16. The highest BCUT2D eigenvalue weighted by atomic mass is 16.2. The van der Waals surface area contributed by atoms with Gasteiger partial charge in [-0.2, -0.15) is 0 Å². The lowest BCUT2D eigenvalue weighted by Crippen LogP contribution is -2.35. The van der Waals surface area contributed by atoms with Crippen molar-refractivity contribution < 1.29 is 4.79 Å². The first-order chi connectivity index (χ1) is 8.66. The van der Waals surface area contributed by atoms with Gasteiger partial charge in [0, 0.05) is 20.1 Å². The Labute approximate surface area is 107 Å². The molecule has 0 aliphatic carbocycles. The fraction of sp³-hybridized carbons (Fsp3) is 0.583. The van der Waals surface area contributed by atoms with Gasteiger partial charge in [-0.05, 0) is 25.9 Å². The van der Waals surface area contributed by atoms with E-state index >= 15 is 0 Å². The van der Waals surface area contributed by atoms with Gasteiger partial charge >= 0.3 is 0 Å². The molecule has 0 atom stereocenters. The molecule has 1 saturated heterocycles. The molecule has 0 unspecified atom stereocenters. The average Bonchev–Trinajstić information content (AvgIpc) is 2.88. The lowest BCUT2D eigenvalue weighted by molar-refractivity contribution is 0.0776. The van der Waals surface area contributed by atoms with E-state index in [-0.39, 0.29) is 11.7 Å². The number of nitrogens with two attached hydrogens (primary N) is 1. The first kappa shape index (κ1) is 12.8. The van der Waals surface area contributed by atoms with Crippen LogP contribution in [0.2, 0.25) is 0 Å². The number of hydrogen-bond acceptors (Lipinski definition) is 5. The van der Waals surface area contributed by atoms with Gasteiger partial charge in [0.15, 0.2) is 0 Å². The van der Waals surface area contributed by atoms with Crippen molar-refractivity contribution in [2.45, 2.75) is 12.8 Å². The van der Waals surface area contributed by atoms with Crippen LogP contribution in [0.4, 0.5) is 5.82 Å². The van der Waals surface area contributed by atoms with Gasteiger partial charge in [0.2, 0.25) is 0 Å². The van der Waals surface area contributed by atoms with E-state index in [0.29, 0.717) is 12.2 Å². The van der Waals surface area contributed by atoms with Gasteiger partial charge in [-0.3, -0.25) is 9.78 Å². The molecule has 6 nitrogen and oxygen atoms in total. The van der Waals surface area contributed by atoms with E-state index in [1.807, 2.05) is 0 Å². The zero-order valence-electron chi connectivity index (χ0n) is 10.7. The van der Waals surface area contributed by atoms with Crippen LogP contribution in [0.15, 0.2) is 12.4 Å². The van der Waals surface area contributed by atoms with Crippen molar-refractivity contribution >= 4 is 11.7 Å². The number of nitrogen functional groups attached to an aromatic ring is 1. The van der Waals surface area contributed by atoms with Crippen LogP contribution in [0.1, 0.15) is 23.3 Å². The number of nitrogens with zero attached hydrogens (tertiary/aromatic N) is 4. The van der Waals surface area contributed by atoms with Crippen molar-refractivity contribution in [1.29, 1.82) is 0 Å². The third-order valence-electron chi connectivity index (χ3n) is 3.17. The first-order valence-corrected chi connectivity index (χ1v) is 6.22. The van der Waals surface area contributed by atoms with Gasteiger partial charge < -0.3 is 15.5 Å². The summed E-state index contributed by atoms with van der Waals surface area (Å²) in [4.78, 5) is 24.0. The topological polar surface area (TPSA) is 75.3 Å². The molecule has 0 bridgehead atoms. The minimum Gasteiger partial charge on any atom is -0.382 e. The summed E-state index contributed by atoms with van der Waals surface area (Å²) < 4.78 is 0. The van der Waals surface area contributed by atoms with Crippen LogP contribution in [0.3, 0.4) is 0 Å². The Hall–Kier alpha value is -1.69. The molecule has 1 aliphatic rings. The number of carbonyl (C=O) groups is 1. The molecule has 0 spiro atoms. The number of amides is 1. The summed E-state index contributed by atoms with van der Waals surface area (Å²) in [5.74, 6) is 0.141. The Kier molecular flexibility index (Phi) is 4.09. The quantitative estimate of drug-likeness (QED) is 0.826. The normalized spacial score (nSPS) is 15.8. The molecular weight excluding hydrogens is 230 g/mol. The van der Waals surface area contributed by atoms with Crippen molar-refractivity contribution in [3.8, 4) is 0 Å². The second-order valence-corrected chi connectivity index (χ2v) is 4.60. The Bertz CT molecular complexity index is 417. The summed E-state index contributed by atoms with van der Waals surface area (Å²) in [6.45, 7) is 3.90. The van der Waals surface area contributed by atoms with Crippen LogP contribution in [0, 0.1) is 0 Å². The number of carbonyl (C=O) groups excluding carboxylic acids is 1. The lowest BCUT2D eigenvalue weighted by atomic mass is 10.3.